The lowest BCUT2D eigenvalue weighted by Crippen LogP contribution is -2.46. The van der Waals surface area contributed by atoms with Gasteiger partial charge in [0.25, 0.3) is 0 Å². The maximum absolute atomic E-state index is 15.1. The Bertz CT molecular complexity index is 1510. The summed E-state index contributed by atoms with van der Waals surface area (Å²) in [6.45, 7) is 21.2. The molecule has 1 aromatic heterocycles. The van der Waals surface area contributed by atoms with E-state index in [1.165, 1.54) is 13.0 Å². The highest BCUT2D eigenvalue weighted by atomic mass is 28.4. The Balaban J connectivity index is 1.85. The molecule has 254 valence electrons. The first-order valence-electron chi connectivity index (χ1n) is 16.1. The fraction of sp³-hybridized carbons (Fsp3) is 0.657. The summed E-state index contributed by atoms with van der Waals surface area (Å²) in [5.41, 5.74) is 1.31. The molecule has 0 N–H and O–H groups in total. The zero-order chi connectivity index (χ0) is 34.2. The lowest BCUT2D eigenvalue weighted by Gasteiger charge is -2.48. The standard InChI is InChI=1S/C35H47F4NO5Si/c1-19(2)28-26-27(34(13-15-42-16-14-34)44-30(26)21-11-12-22(23(36)17-21)35(37,38)39)25-24(45-46(9,10)32(4,5)6)18-33(7,8)31(29(25)40-28)43-20(3)41/h11-12,17,19,24,30-31H,13-16,18H2,1-10H3/t24?,30-,31-/m1/s1. The van der Waals surface area contributed by atoms with E-state index in [0.717, 1.165) is 28.8 Å². The van der Waals surface area contributed by atoms with Gasteiger partial charge in [0.2, 0.25) is 0 Å². The molecule has 0 radical (unpaired) electrons. The number of ether oxygens (including phenoxy) is 3. The number of fused-ring (bicyclic) bond motifs is 4. The van der Waals surface area contributed by atoms with E-state index < -0.39 is 61.2 Å². The molecule has 6 nitrogen and oxygen atoms in total. The minimum absolute atomic E-state index is 0.105. The molecule has 0 amide bonds. The normalized spacial score (nSPS) is 24.2. The Hall–Kier alpha value is -2.34. The van der Waals surface area contributed by atoms with Crippen molar-refractivity contribution in [2.24, 2.45) is 5.41 Å². The van der Waals surface area contributed by atoms with Crippen LogP contribution >= 0.6 is 0 Å². The highest BCUT2D eigenvalue weighted by molar-refractivity contribution is 6.74. The van der Waals surface area contributed by atoms with Gasteiger partial charge in [-0.25, -0.2) is 4.39 Å². The van der Waals surface area contributed by atoms with Gasteiger partial charge < -0.3 is 18.6 Å². The first-order chi connectivity index (χ1) is 21.1. The van der Waals surface area contributed by atoms with Crippen LogP contribution < -0.4 is 0 Å². The fourth-order valence-electron chi connectivity index (χ4n) is 7.02. The molecule has 1 fully saturated rings. The van der Waals surface area contributed by atoms with Crippen molar-refractivity contribution in [2.75, 3.05) is 13.2 Å². The summed E-state index contributed by atoms with van der Waals surface area (Å²) >= 11 is 0. The van der Waals surface area contributed by atoms with Gasteiger partial charge in [-0.2, -0.15) is 13.2 Å². The van der Waals surface area contributed by atoms with E-state index in [-0.39, 0.29) is 16.5 Å². The van der Waals surface area contributed by atoms with E-state index in [1.807, 2.05) is 13.8 Å². The number of alkyl halides is 3. The number of benzene rings is 1. The van der Waals surface area contributed by atoms with Gasteiger partial charge in [0.15, 0.2) is 8.32 Å². The van der Waals surface area contributed by atoms with Gasteiger partial charge >= 0.3 is 12.1 Å². The molecule has 1 saturated heterocycles. The van der Waals surface area contributed by atoms with Gasteiger partial charge in [0, 0.05) is 55.2 Å². The Morgan fingerprint density at radius 3 is 2.24 bits per heavy atom. The van der Waals surface area contributed by atoms with Crippen molar-refractivity contribution in [3.05, 3.63) is 63.2 Å². The van der Waals surface area contributed by atoms with Crippen LogP contribution in [0.1, 0.15) is 138 Å². The second-order valence-corrected chi connectivity index (χ2v) is 20.4. The van der Waals surface area contributed by atoms with Crippen LogP contribution in [0.5, 0.6) is 0 Å². The van der Waals surface area contributed by atoms with E-state index >= 15 is 4.39 Å². The third-order valence-electron chi connectivity index (χ3n) is 10.4. The van der Waals surface area contributed by atoms with Crippen molar-refractivity contribution in [1.29, 1.82) is 0 Å². The highest BCUT2D eigenvalue weighted by Crippen LogP contribution is 2.61. The van der Waals surface area contributed by atoms with Crippen LogP contribution in [-0.4, -0.2) is 32.5 Å². The van der Waals surface area contributed by atoms with Gasteiger partial charge in [-0.15, -0.1) is 0 Å². The van der Waals surface area contributed by atoms with E-state index in [0.29, 0.717) is 43.9 Å². The molecule has 3 atom stereocenters. The number of esters is 1. The second-order valence-electron chi connectivity index (χ2n) is 15.6. The number of carbonyl (C=O) groups is 1. The maximum atomic E-state index is 15.1. The molecule has 0 saturated carbocycles. The van der Waals surface area contributed by atoms with Gasteiger partial charge in [-0.3, -0.25) is 9.78 Å². The van der Waals surface area contributed by atoms with Crippen LogP contribution in [0.15, 0.2) is 18.2 Å². The lowest BCUT2D eigenvalue weighted by atomic mass is 9.68. The quantitative estimate of drug-likeness (QED) is 0.180. The molecular weight excluding hydrogens is 618 g/mol. The molecule has 2 aromatic rings. The largest absolute Gasteiger partial charge is 0.455 e. The van der Waals surface area contributed by atoms with Gasteiger partial charge in [0.05, 0.1) is 23.0 Å². The molecule has 11 heteroatoms. The van der Waals surface area contributed by atoms with Crippen molar-refractivity contribution in [3.8, 4) is 0 Å². The van der Waals surface area contributed by atoms with Gasteiger partial charge in [0.1, 0.15) is 18.0 Å². The first-order valence-corrected chi connectivity index (χ1v) is 19.1. The van der Waals surface area contributed by atoms with E-state index in [2.05, 4.69) is 47.7 Å². The zero-order valence-electron chi connectivity index (χ0n) is 28.6. The molecule has 3 heterocycles. The highest BCUT2D eigenvalue weighted by Gasteiger charge is 2.56. The molecule has 1 aromatic carbocycles. The van der Waals surface area contributed by atoms with Crippen LogP contribution in [0.3, 0.4) is 0 Å². The number of rotatable bonds is 5. The van der Waals surface area contributed by atoms with Crippen LogP contribution in [0.2, 0.25) is 18.1 Å². The summed E-state index contributed by atoms with van der Waals surface area (Å²) < 4.78 is 81.8. The fourth-order valence-corrected chi connectivity index (χ4v) is 8.28. The van der Waals surface area contributed by atoms with Gasteiger partial charge in [-0.1, -0.05) is 54.5 Å². The van der Waals surface area contributed by atoms with Crippen molar-refractivity contribution < 1.29 is 41.0 Å². The molecule has 1 spiro atoms. The number of halogens is 4. The summed E-state index contributed by atoms with van der Waals surface area (Å²) in [5, 5.41) is -0.105. The Morgan fingerprint density at radius 2 is 1.72 bits per heavy atom. The van der Waals surface area contributed by atoms with E-state index in [1.54, 1.807) is 0 Å². The third-order valence-corrected chi connectivity index (χ3v) is 14.8. The van der Waals surface area contributed by atoms with Crippen LogP contribution in [0, 0.1) is 11.2 Å². The van der Waals surface area contributed by atoms with Gasteiger partial charge in [-0.05, 0) is 53.7 Å². The topological polar surface area (TPSA) is 66.9 Å². The molecular formula is C35H47F4NO5Si. The van der Waals surface area contributed by atoms with E-state index in [9.17, 15) is 18.0 Å². The minimum atomic E-state index is -4.82. The summed E-state index contributed by atoms with van der Waals surface area (Å²) in [5.74, 6) is -1.91. The molecule has 5 rings (SSSR count). The number of aromatic nitrogens is 1. The molecule has 2 aliphatic heterocycles. The van der Waals surface area contributed by atoms with Crippen molar-refractivity contribution in [3.63, 3.8) is 0 Å². The van der Waals surface area contributed by atoms with Crippen LogP contribution in [0.25, 0.3) is 0 Å². The van der Waals surface area contributed by atoms with Crippen molar-refractivity contribution in [2.45, 2.75) is 129 Å². The smallest absolute Gasteiger partial charge is 0.419 e. The van der Waals surface area contributed by atoms with Crippen molar-refractivity contribution >= 4 is 14.3 Å². The van der Waals surface area contributed by atoms with Crippen LogP contribution in [0.4, 0.5) is 17.6 Å². The average molecular weight is 666 g/mol. The average Bonchev–Trinajstić information content (AvgIpc) is 3.22. The predicted molar refractivity (Wildman–Crippen MR) is 168 cm³/mol. The zero-order valence-corrected chi connectivity index (χ0v) is 29.6. The molecule has 3 aliphatic rings. The summed E-state index contributed by atoms with van der Waals surface area (Å²) in [6.07, 6.45) is -5.24. The number of hydrogen-bond donors (Lipinski definition) is 0. The Morgan fingerprint density at radius 1 is 1.09 bits per heavy atom. The maximum Gasteiger partial charge on any atom is 0.419 e. The summed E-state index contributed by atoms with van der Waals surface area (Å²) in [6, 6.07) is 3.02. The number of hydrogen-bond acceptors (Lipinski definition) is 6. The molecule has 0 bridgehead atoms. The van der Waals surface area contributed by atoms with Crippen LogP contribution in [-0.2, 0) is 35.2 Å². The monoisotopic (exact) mass is 665 g/mol. The summed E-state index contributed by atoms with van der Waals surface area (Å²) in [7, 11) is -2.38. The molecule has 1 aliphatic carbocycles. The Kier molecular flexibility index (Phi) is 8.87. The summed E-state index contributed by atoms with van der Waals surface area (Å²) in [4.78, 5) is 17.8. The predicted octanol–water partition coefficient (Wildman–Crippen LogP) is 9.59. The molecule has 1 unspecified atom stereocenters. The number of carbonyl (C=O) groups excluding carboxylic acids is 1. The van der Waals surface area contributed by atoms with E-state index in [4.69, 9.17) is 23.6 Å². The lowest BCUT2D eigenvalue weighted by molar-refractivity contribution is -0.156. The Labute approximate surface area is 270 Å². The number of nitrogens with zero attached hydrogens (tertiary/aromatic N) is 1. The third kappa shape index (κ3) is 6.05. The second kappa shape index (κ2) is 11.7. The SMILES string of the molecule is CC(=O)O[C@@H]1c2nc(C(C)C)c3c(c2C(O[Si](C)(C)C(C)(C)C)CC1(C)C)C1(CCOCC1)O[C@@H]3c1ccc(C(F)(F)F)c(F)c1. The minimum Gasteiger partial charge on any atom is -0.455 e. The first kappa shape index (κ1) is 35.0. The van der Waals surface area contributed by atoms with Crippen molar-refractivity contribution in [1.82, 2.24) is 4.98 Å². The molecule has 46 heavy (non-hydrogen) atoms. The number of pyridine rings is 1.